The molecule has 2 amide bonds. The van der Waals surface area contributed by atoms with Gasteiger partial charge in [-0.25, -0.2) is 18.2 Å². The molecule has 0 unspecified atom stereocenters. The molecule has 2 aromatic heterocycles. The fourth-order valence-electron chi connectivity index (χ4n) is 10.2. The summed E-state index contributed by atoms with van der Waals surface area (Å²) in [7, 11) is -1.32. The van der Waals surface area contributed by atoms with Crippen molar-refractivity contribution in [1.82, 2.24) is 25.2 Å². The van der Waals surface area contributed by atoms with E-state index in [-0.39, 0.29) is 46.3 Å². The number of nitrogens with zero attached hydrogens (tertiary/aromatic N) is 6. The number of fused-ring (bicyclic) bond motifs is 1. The monoisotopic (exact) mass is 929 g/mol. The van der Waals surface area contributed by atoms with E-state index >= 15 is 8.78 Å². The number of halogens is 4. The first kappa shape index (κ1) is 44.7. The van der Waals surface area contributed by atoms with Crippen molar-refractivity contribution in [2.75, 3.05) is 86.7 Å². The summed E-state index contributed by atoms with van der Waals surface area (Å²) in [5.41, 5.74) is 4.67. The number of carbonyl (C=O) groups excluding carboxylic acids is 2. The first-order valence-corrected chi connectivity index (χ1v) is 25.0. The summed E-state index contributed by atoms with van der Waals surface area (Å²) in [6.07, 6.45) is 4.24. The van der Waals surface area contributed by atoms with Crippen molar-refractivity contribution in [3.8, 4) is 5.75 Å². The van der Waals surface area contributed by atoms with Crippen molar-refractivity contribution in [2.24, 2.45) is 11.3 Å². The van der Waals surface area contributed by atoms with E-state index in [1.54, 1.807) is 39.5 Å². The number of pyridine rings is 1. The second-order valence-corrected chi connectivity index (χ2v) is 21.9. The van der Waals surface area contributed by atoms with Crippen molar-refractivity contribution in [2.45, 2.75) is 51.9 Å². The van der Waals surface area contributed by atoms with Gasteiger partial charge in [0.2, 0.25) is 17.8 Å². The van der Waals surface area contributed by atoms with Crippen LogP contribution >= 0.6 is 18.7 Å². The van der Waals surface area contributed by atoms with Gasteiger partial charge in [-0.1, -0.05) is 18.5 Å². The fraction of sp³-hybridized carbons (Fsp3) is 0.426. The highest BCUT2D eigenvalue weighted by atomic mass is 35.5. The van der Waals surface area contributed by atoms with Crippen LogP contribution in [-0.4, -0.2) is 97.9 Å². The van der Waals surface area contributed by atoms with Gasteiger partial charge in [-0.05, 0) is 93.8 Å². The van der Waals surface area contributed by atoms with Gasteiger partial charge in [0.25, 0.3) is 0 Å². The minimum atomic E-state index is -2.95. The molecule has 18 heteroatoms. The highest BCUT2D eigenvalue weighted by Crippen LogP contribution is 2.46. The maximum Gasteiger partial charge on any atom is 0.234 e. The van der Waals surface area contributed by atoms with Crippen LogP contribution in [0.4, 0.5) is 47.7 Å². The Hall–Kier alpha value is -5.44. The minimum Gasteiger partial charge on any atom is -0.494 e. The van der Waals surface area contributed by atoms with Gasteiger partial charge in [0.05, 0.1) is 41.8 Å². The maximum absolute atomic E-state index is 15.2. The third-order valence-electron chi connectivity index (χ3n) is 13.3. The molecule has 3 aromatic carbocycles. The average molecular weight is 930 g/mol. The SMILES string of the molecule is CCc1cc(Nc2ncc(Cl)c(Nc3ccc4nc(C)c(F)cc4c3P(C)(C)=O)n2)c(OC)cc1N1CC2(CN(CC3CCN(c4cc(F)c([C@H]5CCC(=O)NC5=O)c(F)c4)CC3)C2)C1. The average Bonchev–Trinajstić information content (AvgIpc) is 3.23. The van der Waals surface area contributed by atoms with E-state index in [4.69, 9.17) is 16.3 Å². The molecular formula is C47H52ClF3N9O4P. The number of anilines is 6. The van der Waals surface area contributed by atoms with Gasteiger partial charge in [-0.2, -0.15) is 4.98 Å². The molecule has 1 spiro atoms. The van der Waals surface area contributed by atoms with E-state index in [1.165, 1.54) is 24.4 Å². The molecule has 0 aliphatic carbocycles. The number of nitrogens with one attached hydrogen (secondary N) is 3. The maximum atomic E-state index is 15.2. The molecule has 0 bridgehead atoms. The number of hydrogen-bond acceptors (Lipinski definition) is 12. The molecule has 5 aromatic rings. The number of piperidine rings is 2. The Morgan fingerprint density at radius 2 is 1.65 bits per heavy atom. The molecule has 4 saturated heterocycles. The van der Waals surface area contributed by atoms with Crippen molar-refractivity contribution in [1.29, 1.82) is 0 Å². The lowest BCUT2D eigenvalue weighted by atomic mass is 9.72. The number of likely N-dealkylation sites (tertiary alicyclic amines) is 1. The van der Waals surface area contributed by atoms with E-state index < -0.39 is 42.3 Å². The first-order chi connectivity index (χ1) is 31.0. The minimum absolute atomic E-state index is 0.0554. The van der Waals surface area contributed by atoms with Gasteiger partial charge in [-0.15, -0.1) is 0 Å². The quantitative estimate of drug-likeness (QED) is 0.0819. The van der Waals surface area contributed by atoms with Crippen LogP contribution < -0.4 is 35.8 Å². The van der Waals surface area contributed by atoms with Gasteiger partial charge in [0.15, 0.2) is 5.82 Å². The molecule has 1 atom stereocenters. The van der Waals surface area contributed by atoms with Crippen LogP contribution in [0.5, 0.6) is 5.75 Å². The molecule has 0 saturated carbocycles. The Labute approximate surface area is 380 Å². The molecule has 3 N–H and O–H groups in total. The van der Waals surface area contributed by atoms with Gasteiger partial charge in [0, 0.05) is 91.3 Å². The summed E-state index contributed by atoms with van der Waals surface area (Å²) < 4.78 is 64.7. The topological polar surface area (TPSA) is 145 Å². The van der Waals surface area contributed by atoms with Gasteiger partial charge in [0.1, 0.15) is 35.4 Å². The van der Waals surface area contributed by atoms with Crippen molar-refractivity contribution < 1.29 is 32.1 Å². The zero-order chi connectivity index (χ0) is 45.9. The normalized spacial score (nSPS) is 19.0. The number of ether oxygens (including phenoxy) is 1. The number of amides is 2. The number of benzene rings is 3. The van der Waals surface area contributed by atoms with Crippen LogP contribution in [-0.2, 0) is 20.6 Å². The molecule has 4 fully saturated rings. The van der Waals surface area contributed by atoms with Crippen LogP contribution in [0.25, 0.3) is 10.9 Å². The fourth-order valence-corrected chi connectivity index (χ4v) is 11.8. The van der Waals surface area contributed by atoms with Crippen molar-refractivity contribution >= 4 is 81.3 Å². The molecule has 4 aliphatic rings. The zero-order valence-corrected chi connectivity index (χ0v) is 38.7. The number of hydrogen-bond donors (Lipinski definition) is 3. The Morgan fingerprint density at radius 1 is 0.923 bits per heavy atom. The Balaban J connectivity index is 0.807. The second-order valence-electron chi connectivity index (χ2n) is 18.4. The second kappa shape index (κ2) is 17.4. The van der Waals surface area contributed by atoms with E-state index in [0.717, 1.165) is 63.2 Å². The van der Waals surface area contributed by atoms with Gasteiger partial charge in [-0.3, -0.25) is 19.9 Å². The molecule has 13 nitrogen and oxygen atoms in total. The largest absolute Gasteiger partial charge is 0.494 e. The predicted octanol–water partition coefficient (Wildman–Crippen LogP) is 8.27. The van der Waals surface area contributed by atoms with Gasteiger partial charge >= 0.3 is 0 Å². The summed E-state index contributed by atoms with van der Waals surface area (Å²) in [5.74, 6) is -2.42. The molecule has 4 aliphatic heterocycles. The summed E-state index contributed by atoms with van der Waals surface area (Å²) >= 11 is 6.60. The lowest BCUT2D eigenvalue weighted by Gasteiger charge is -2.62. The molecule has 6 heterocycles. The predicted molar refractivity (Wildman–Crippen MR) is 249 cm³/mol. The van der Waals surface area contributed by atoms with Crippen LogP contribution in [0, 0.1) is 35.7 Å². The summed E-state index contributed by atoms with van der Waals surface area (Å²) in [6.45, 7) is 13.3. The standard InChI is InChI=1S/C47H52ClF3N9O4P/c1-6-28-15-38(55-46-52-20-32(48)44(57-46)54-37-9-8-36-31(43(37)65(4,5)63)18-33(49)26(2)53-36)40(64-3)19-39(28)60-24-47(25-60)22-58(23-47)21-27-11-13-59(14-12-27)29-16-34(50)42(35(51)17-29)30-7-10-41(61)56-45(30)62/h8-9,15-20,27,30H,6-7,10-14,21-25H2,1-5H3,(H,56,61,62)(H2,52,54,55,57)/t30-/m1/s1. The number of aryl methyl sites for hydroxylation is 2. The van der Waals surface area contributed by atoms with Crippen LogP contribution in [0.3, 0.4) is 0 Å². The number of carbonyl (C=O) groups is 2. The molecule has 342 valence electrons. The number of imide groups is 1. The molecule has 0 radical (unpaired) electrons. The first-order valence-electron chi connectivity index (χ1n) is 22.0. The molecular weight excluding hydrogens is 878 g/mol. The smallest absolute Gasteiger partial charge is 0.234 e. The van der Waals surface area contributed by atoms with Crippen LogP contribution in [0.15, 0.2) is 48.7 Å². The van der Waals surface area contributed by atoms with E-state index in [2.05, 4.69) is 59.8 Å². The number of aromatic nitrogens is 3. The van der Waals surface area contributed by atoms with Crippen LogP contribution in [0.1, 0.15) is 55.3 Å². The lowest BCUT2D eigenvalue weighted by Crippen LogP contribution is -2.72. The number of methoxy groups -OCH3 is 1. The number of rotatable bonds is 12. The third-order valence-corrected chi connectivity index (χ3v) is 15.2. The summed E-state index contributed by atoms with van der Waals surface area (Å²) in [4.78, 5) is 44.3. The molecule has 9 rings (SSSR count). The van der Waals surface area contributed by atoms with Crippen LogP contribution in [0.2, 0.25) is 5.02 Å². The lowest BCUT2D eigenvalue weighted by molar-refractivity contribution is -0.134. The Kier molecular flexibility index (Phi) is 12.0. The highest BCUT2D eigenvalue weighted by molar-refractivity contribution is 7.71. The van der Waals surface area contributed by atoms with E-state index in [1.807, 2.05) is 4.90 Å². The highest BCUT2D eigenvalue weighted by Gasteiger charge is 2.52. The molecule has 65 heavy (non-hydrogen) atoms. The third kappa shape index (κ3) is 8.84. The van der Waals surface area contributed by atoms with Gasteiger partial charge < -0.3 is 34.6 Å². The summed E-state index contributed by atoms with van der Waals surface area (Å²) in [6, 6.07) is 11.6. The summed E-state index contributed by atoms with van der Waals surface area (Å²) in [5, 5.41) is 9.88. The van der Waals surface area contributed by atoms with E-state index in [9.17, 15) is 18.5 Å². The van der Waals surface area contributed by atoms with Crippen molar-refractivity contribution in [3.05, 3.63) is 88.0 Å². The Morgan fingerprint density at radius 3 is 2.31 bits per heavy atom. The van der Waals surface area contributed by atoms with Crippen molar-refractivity contribution in [3.63, 3.8) is 0 Å². The zero-order valence-electron chi connectivity index (χ0n) is 37.0. The van der Waals surface area contributed by atoms with E-state index in [0.29, 0.717) is 58.0 Å². The Bertz CT molecular complexity index is 2750.